The zero-order valence-electron chi connectivity index (χ0n) is 11.7. The summed E-state index contributed by atoms with van der Waals surface area (Å²) in [5.74, 6) is 0.0293. The van der Waals surface area contributed by atoms with E-state index in [0.717, 1.165) is 37.6 Å². The SMILES string of the molecule is Cn1cc(N2CCNCC2)c(-c2cc(Br)c(O)cc2O)n1. The van der Waals surface area contributed by atoms with Gasteiger partial charge in [-0.3, -0.25) is 4.68 Å². The number of rotatable bonds is 2. The van der Waals surface area contributed by atoms with Gasteiger partial charge in [-0.25, -0.2) is 0 Å². The zero-order chi connectivity index (χ0) is 15.0. The molecule has 112 valence electrons. The normalized spacial score (nSPS) is 15.4. The van der Waals surface area contributed by atoms with Crippen molar-refractivity contribution in [3.63, 3.8) is 0 Å². The monoisotopic (exact) mass is 352 g/mol. The van der Waals surface area contributed by atoms with E-state index in [1.54, 1.807) is 10.7 Å². The summed E-state index contributed by atoms with van der Waals surface area (Å²) in [5.41, 5.74) is 2.32. The maximum Gasteiger partial charge on any atom is 0.133 e. The number of benzene rings is 1. The molecule has 0 unspecified atom stereocenters. The lowest BCUT2D eigenvalue weighted by molar-refractivity contribution is 0.449. The van der Waals surface area contributed by atoms with E-state index in [2.05, 4.69) is 31.2 Å². The second-order valence-corrected chi connectivity index (χ2v) is 5.95. The number of phenols is 2. The fraction of sp³-hybridized carbons (Fsp3) is 0.357. The van der Waals surface area contributed by atoms with E-state index in [0.29, 0.717) is 10.0 Å². The summed E-state index contributed by atoms with van der Waals surface area (Å²) >= 11 is 3.29. The highest BCUT2D eigenvalue weighted by molar-refractivity contribution is 9.10. The Labute approximate surface area is 131 Å². The molecule has 21 heavy (non-hydrogen) atoms. The molecular formula is C14H17BrN4O2. The molecule has 0 bridgehead atoms. The van der Waals surface area contributed by atoms with Crippen molar-refractivity contribution in [2.24, 2.45) is 7.05 Å². The van der Waals surface area contributed by atoms with E-state index in [4.69, 9.17) is 0 Å². The molecule has 0 aliphatic carbocycles. The van der Waals surface area contributed by atoms with Crippen molar-refractivity contribution in [1.29, 1.82) is 0 Å². The zero-order valence-corrected chi connectivity index (χ0v) is 13.3. The smallest absolute Gasteiger partial charge is 0.133 e. The minimum Gasteiger partial charge on any atom is -0.507 e. The Morgan fingerprint density at radius 3 is 2.62 bits per heavy atom. The van der Waals surface area contributed by atoms with Gasteiger partial charge in [0.2, 0.25) is 0 Å². The average Bonchev–Trinajstić information content (AvgIpc) is 2.85. The van der Waals surface area contributed by atoms with Crippen LogP contribution in [0.1, 0.15) is 0 Å². The number of nitrogens with one attached hydrogen (secondary N) is 1. The highest BCUT2D eigenvalue weighted by Gasteiger charge is 2.21. The minimum atomic E-state index is 0.0101. The maximum absolute atomic E-state index is 10.1. The van der Waals surface area contributed by atoms with Gasteiger partial charge in [0, 0.05) is 51.1 Å². The molecule has 6 nitrogen and oxygen atoms in total. The van der Waals surface area contributed by atoms with E-state index in [-0.39, 0.29) is 11.5 Å². The number of halogens is 1. The van der Waals surface area contributed by atoms with Crippen molar-refractivity contribution in [3.8, 4) is 22.8 Å². The molecule has 1 aromatic carbocycles. The molecule has 1 aromatic heterocycles. The van der Waals surface area contributed by atoms with Gasteiger partial charge in [-0.05, 0) is 22.0 Å². The quantitative estimate of drug-likeness (QED) is 0.766. The van der Waals surface area contributed by atoms with E-state index in [1.807, 2.05) is 13.2 Å². The molecule has 3 rings (SSSR count). The second-order valence-electron chi connectivity index (χ2n) is 5.09. The Kier molecular flexibility index (Phi) is 3.77. The van der Waals surface area contributed by atoms with Crippen LogP contribution < -0.4 is 10.2 Å². The molecule has 0 saturated carbocycles. The lowest BCUT2D eigenvalue weighted by Gasteiger charge is -2.29. The van der Waals surface area contributed by atoms with Crippen molar-refractivity contribution in [3.05, 3.63) is 22.8 Å². The van der Waals surface area contributed by atoms with Crippen molar-refractivity contribution >= 4 is 21.6 Å². The molecule has 0 spiro atoms. The van der Waals surface area contributed by atoms with Gasteiger partial charge in [-0.2, -0.15) is 5.10 Å². The van der Waals surface area contributed by atoms with Crippen LogP contribution in [-0.4, -0.2) is 46.2 Å². The molecule has 1 fully saturated rings. The van der Waals surface area contributed by atoms with Crippen LogP contribution in [0.2, 0.25) is 0 Å². The fourth-order valence-electron chi connectivity index (χ4n) is 2.55. The first-order valence-electron chi connectivity index (χ1n) is 6.77. The van der Waals surface area contributed by atoms with E-state index in [9.17, 15) is 10.2 Å². The van der Waals surface area contributed by atoms with Crippen LogP contribution in [0.4, 0.5) is 5.69 Å². The number of phenolic OH excluding ortho intramolecular Hbond substituents is 2. The van der Waals surface area contributed by atoms with Gasteiger partial charge in [-0.1, -0.05) is 0 Å². The second kappa shape index (κ2) is 5.57. The van der Waals surface area contributed by atoms with Crippen LogP contribution in [0.5, 0.6) is 11.5 Å². The van der Waals surface area contributed by atoms with Gasteiger partial charge in [0.25, 0.3) is 0 Å². The van der Waals surface area contributed by atoms with Gasteiger partial charge in [-0.15, -0.1) is 0 Å². The Bertz CT molecular complexity index is 665. The molecule has 7 heteroatoms. The van der Waals surface area contributed by atoms with Crippen molar-refractivity contribution in [2.75, 3.05) is 31.1 Å². The highest BCUT2D eigenvalue weighted by atomic mass is 79.9. The standard InChI is InChI=1S/C14H17BrN4O2/c1-18-8-11(19-4-2-16-3-5-19)14(17-18)9-6-10(15)13(21)7-12(9)20/h6-8,16,20-21H,2-5H2,1H3. The van der Waals surface area contributed by atoms with Gasteiger partial charge >= 0.3 is 0 Å². The number of nitrogens with zero attached hydrogens (tertiary/aromatic N) is 3. The van der Waals surface area contributed by atoms with Crippen LogP contribution in [0.3, 0.4) is 0 Å². The number of aromatic nitrogens is 2. The summed E-state index contributed by atoms with van der Waals surface area (Å²) in [4.78, 5) is 2.25. The summed E-state index contributed by atoms with van der Waals surface area (Å²) in [6, 6.07) is 3.02. The number of hydrogen-bond donors (Lipinski definition) is 3. The Balaban J connectivity index is 2.08. The first-order valence-corrected chi connectivity index (χ1v) is 7.56. The number of aryl methyl sites for hydroxylation is 1. The highest BCUT2D eigenvalue weighted by Crippen LogP contribution is 2.40. The Morgan fingerprint density at radius 1 is 1.19 bits per heavy atom. The maximum atomic E-state index is 10.1. The molecule has 0 radical (unpaired) electrons. The van der Waals surface area contributed by atoms with Crippen molar-refractivity contribution in [2.45, 2.75) is 0 Å². The third-order valence-corrected chi connectivity index (χ3v) is 4.22. The fourth-order valence-corrected chi connectivity index (χ4v) is 2.89. The third kappa shape index (κ3) is 2.71. The number of anilines is 1. The Hall–Kier alpha value is -1.73. The van der Waals surface area contributed by atoms with Crippen LogP contribution in [0.15, 0.2) is 22.8 Å². The van der Waals surface area contributed by atoms with Gasteiger partial charge in [0.15, 0.2) is 0 Å². The van der Waals surface area contributed by atoms with Crippen molar-refractivity contribution < 1.29 is 10.2 Å². The average molecular weight is 353 g/mol. The van der Waals surface area contributed by atoms with Gasteiger partial charge < -0.3 is 20.4 Å². The van der Waals surface area contributed by atoms with Crippen LogP contribution in [0, 0.1) is 0 Å². The summed E-state index contributed by atoms with van der Waals surface area (Å²) in [6.45, 7) is 3.66. The van der Waals surface area contributed by atoms with E-state index >= 15 is 0 Å². The topological polar surface area (TPSA) is 73.5 Å². The summed E-state index contributed by atoms with van der Waals surface area (Å²) < 4.78 is 2.28. The molecule has 0 amide bonds. The number of aromatic hydroxyl groups is 2. The number of piperazine rings is 1. The molecule has 1 saturated heterocycles. The summed E-state index contributed by atoms with van der Waals surface area (Å²) in [5, 5.41) is 27.6. The Morgan fingerprint density at radius 2 is 1.90 bits per heavy atom. The predicted octanol–water partition coefficient (Wildman–Crippen LogP) is 1.67. The first kappa shape index (κ1) is 14.2. The lowest BCUT2D eigenvalue weighted by Crippen LogP contribution is -2.43. The van der Waals surface area contributed by atoms with Crippen LogP contribution in [-0.2, 0) is 7.05 Å². The number of hydrogen-bond acceptors (Lipinski definition) is 5. The summed E-state index contributed by atoms with van der Waals surface area (Å²) in [6.07, 6.45) is 1.96. The molecule has 2 aromatic rings. The van der Waals surface area contributed by atoms with Crippen LogP contribution >= 0.6 is 15.9 Å². The molecule has 2 heterocycles. The molecule has 0 atom stereocenters. The van der Waals surface area contributed by atoms with E-state index in [1.165, 1.54) is 6.07 Å². The predicted molar refractivity (Wildman–Crippen MR) is 84.8 cm³/mol. The molecule has 1 aliphatic rings. The van der Waals surface area contributed by atoms with Gasteiger partial charge in [0.1, 0.15) is 17.2 Å². The largest absolute Gasteiger partial charge is 0.507 e. The van der Waals surface area contributed by atoms with Crippen molar-refractivity contribution in [1.82, 2.24) is 15.1 Å². The molecule has 3 N–H and O–H groups in total. The van der Waals surface area contributed by atoms with E-state index < -0.39 is 0 Å². The van der Waals surface area contributed by atoms with Crippen LogP contribution in [0.25, 0.3) is 11.3 Å². The lowest BCUT2D eigenvalue weighted by atomic mass is 10.1. The first-order chi connectivity index (χ1) is 10.1. The van der Waals surface area contributed by atoms with Gasteiger partial charge in [0.05, 0.1) is 10.2 Å². The molecular weight excluding hydrogens is 336 g/mol. The third-order valence-electron chi connectivity index (χ3n) is 3.59. The minimum absolute atomic E-state index is 0.0101. The molecule has 1 aliphatic heterocycles. The summed E-state index contributed by atoms with van der Waals surface area (Å²) in [7, 11) is 1.86.